The molecule has 1 aromatic carbocycles. The van der Waals surface area contributed by atoms with E-state index in [4.69, 9.17) is 0 Å². The van der Waals surface area contributed by atoms with E-state index in [2.05, 4.69) is 5.32 Å². The van der Waals surface area contributed by atoms with Crippen molar-refractivity contribution in [3.05, 3.63) is 30.1 Å². The number of likely N-dealkylation sites (tertiary alicyclic amines) is 1. The second kappa shape index (κ2) is 8.66. The Morgan fingerprint density at radius 2 is 1.84 bits per heavy atom. The Bertz CT molecular complexity index is 714. The van der Waals surface area contributed by atoms with E-state index in [1.54, 1.807) is 17.0 Å². The van der Waals surface area contributed by atoms with Gasteiger partial charge in [0.05, 0.1) is 11.0 Å². The fraction of sp³-hybridized carbons (Fsp3) is 0.500. The summed E-state index contributed by atoms with van der Waals surface area (Å²) in [5.74, 6) is -1.20. The van der Waals surface area contributed by atoms with Crippen LogP contribution in [0.4, 0.5) is 4.39 Å². The van der Waals surface area contributed by atoms with Gasteiger partial charge in [0.25, 0.3) is 0 Å². The van der Waals surface area contributed by atoms with Gasteiger partial charge < -0.3 is 10.2 Å². The highest BCUT2D eigenvalue weighted by Gasteiger charge is 2.32. The topological polar surface area (TPSA) is 83.6 Å². The lowest BCUT2D eigenvalue weighted by Crippen LogP contribution is -2.44. The molecule has 138 valence electrons. The fourth-order valence-electron chi connectivity index (χ4n) is 2.60. The molecule has 0 atom stereocenters. The first kappa shape index (κ1) is 19.7. The third-order valence-electron chi connectivity index (χ3n) is 4.09. The van der Waals surface area contributed by atoms with Gasteiger partial charge in [-0.15, -0.1) is 11.8 Å². The molecular weight excluding hydrogens is 367 g/mol. The first-order chi connectivity index (χ1) is 11.8. The molecule has 2 amide bonds. The molecule has 1 fully saturated rings. The van der Waals surface area contributed by atoms with E-state index < -0.39 is 26.7 Å². The summed E-state index contributed by atoms with van der Waals surface area (Å²) in [4.78, 5) is 26.0. The minimum atomic E-state index is -3.49. The van der Waals surface area contributed by atoms with Crippen LogP contribution >= 0.6 is 11.8 Å². The lowest BCUT2D eigenvalue weighted by molar-refractivity contribution is -0.129. The molecule has 1 aromatic rings. The van der Waals surface area contributed by atoms with Crippen molar-refractivity contribution in [2.75, 3.05) is 31.6 Å². The van der Waals surface area contributed by atoms with Crippen molar-refractivity contribution in [3.63, 3.8) is 0 Å². The van der Waals surface area contributed by atoms with Gasteiger partial charge in [0.15, 0.2) is 9.84 Å². The van der Waals surface area contributed by atoms with Crippen LogP contribution in [-0.2, 0) is 19.4 Å². The number of nitrogens with one attached hydrogen (secondary N) is 1. The smallest absolute Gasteiger partial charge is 0.234 e. The minimum absolute atomic E-state index is 0.0727. The van der Waals surface area contributed by atoms with Gasteiger partial charge in [-0.1, -0.05) is 0 Å². The van der Waals surface area contributed by atoms with Crippen LogP contribution in [0.3, 0.4) is 0 Å². The molecule has 25 heavy (non-hydrogen) atoms. The first-order valence-electron chi connectivity index (χ1n) is 7.90. The number of hydrogen-bond acceptors (Lipinski definition) is 5. The van der Waals surface area contributed by atoms with Crippen molar-refractivity contribution < 1.29 is 22.4 Å². The SMILES string of the molecule is CNC(=O)CS(=O)(=O)C1CCN(C(=O)CSc2ccc(F)cc2)CC1. The molecule has 1 heterocycles. The molecule has 2 rings (SSSR count). The van der Waals surface area contributed by atoms with Crippen LogP contribution in [0, 0.1) is 5.82 Å². The lowest BCUT2D eigenvalue weighted by Gasteiger charge is -2.31. The molecule has 9 heteroatoms. The molecule has 0 bridgehead atoms. The second-order valence-corrected chi connectivity index (χ2v) is 9.13. The van der Waals surface area contributed by atoms with Gasteiger partial charge in [-0.05, 0) is 37.1 Å². The maximum Gasteiger partial charge on any atom is 0.234 e. The van der Waals surface area contributed by atoms with Crippen LogP contribution in [0.1, 0.15) is 12.8 Å². The number of amides is 2. The molecule has 6 nitrogen and oxygen atoms in total. The zero-order valence-corrected chi connectivity index (χ0v) is 15.5. The van der Waals surface area contributed by atoms with Gasteiger partial charge >= 0.3 is 0 Å². The molecule has 0 aromatic heterocycles. The Labute approximate surface area is 151 Å². The number of carbonyl (C=O) groups is 2. The molecule has 0 spiro atoms. The highest BCUT2D eigenvalue weighted by atomic mass is 32.2. The summed E-state index contributed by atoms with van der Waals surface area (Å²) in [7, 11) is -2.09. The number of nitrogens with zero attached hydrogens (tertiary/aromatic N) is 1. The highest BCUT2D eigenvalue weighted by molar-refractivity contribution is 8.00. The van der Waals surface area contributed by atoms with Gasteiger partial charge in [0.1, 0.15) is 11.6 Å². The zero-order valence-electron chi connectivity index (χ0n) is 13.9. The number of carbonyl (C=O) groups excluding carboxylic acids is 2. The molecule has 1 aliphatic rings. The number of piperidine rings is 1. The van der Waals surface area contributed by atoms with E-state index in [0.717, 1.165) is 4.90 Å². The Hall–Kier alpha value is -1.61. The van der Waals surface area contributed by atoms with Crippen molar-refractivity contribution in [1.29, 1.82) is 0 Å². The van der Waals surface area contributed by atoms with Gasteiger partial charge in [0.2, 0.25) is 11.8 Å². The van der Waals surface area contributed by atoms with E-state index in [-0.39, 0.29) is 17.5 Å². The van der Waals surface area contributed by atoms with Crippen LogP contribution in [0.15, 0.2) is 29.2 Å². The molecule has 0 saturated carbocycles. The predicted molar refractivity (Wildman–Crippen MR) is 94.6 cm³/mol. The number of hydrogen-bond donors (Lipinski definition) is 1. The molecule has 1 saturated heterocycles. The van der Waals surface area contributed by atoms with Crippen molar-refractivity contribution in [1.82, 2.24) is 10.2 Å². The molecule has 0 aliphatic carbocycles. The Morgan fingerprint density at radius 3 is 2.40 bits per heavy atom. The zero-order chi connectivity index (χ0) is 18.4. The first-order valence-corrected chi connectivity index (χ1v) is 10.6. The molecule has 1 N–H and O–H groups in total. The average Bonchev–Trinajstić information content (AvgIpc) is 2.60. The Balaban J connectivity index is 1.81. The number of sulfone groups is 1. The van der Waals surface area contributed by atoms with E-state index in [1.165, 1.54) is 30.9 Å². The molecule has 1 aliphatic heterocycles. The molecule has 0 unspecified atom stereocenters. The fourth-order valence-corrected chi connectivity index (χ4v) is 5.08. The summed E-state index contributed by atoms with van der Waals surface area (Å²) >= 11 is 1.32. The highest BCUT2D eigenvalue weighted by Crippen LogP contribution is 2.22. The van der Waals surface area contributed by atoms with Crippen LogP contribution in [0.2, 0.25) is 0 Å². The molecule has 0 radical (unpaired) electrons. The summed E-state index contributed by atoms with van der Waals surface area (Å²) in [5.41, 5.74) is 0. The van der Waals surface area contributed by atoms with Gasteiger partial charge in [-0.2, -0.15) is 0 Å². The Morgan fingerprint density at radius 1 is 1.24 bits per heavy atom. The van der Waals surface area contributed by atoms with Gasteiger partial charge in [-0.3, -0.25) is 9.59 Å². The number of thioether (sulfide) groups is 1. The minimum Gasteiger partial charge on any atom is -0.358 e. The van der Waals surface area contributed by atoms with E-state index in [1.807, 2.05) is 0 Å². The molecular formula is C16H21FN2O4S2. The van der Waals surface area contributed by atoms with Crippen LogP contribution in [0.25, 0.3) is 0 Å². The van der Waals surface area contributed by atoms with Crippen LogP contribution < -0.4 is 5.32 Å². The quantitative estimate of drug-likeness (QED) is 0.737. The third kappa shape index (κ3) is 5.71. The van der Waals surface area contributed by atoms with Gasteiger partial charge in [-0.25, -0.2) is 12.8 Å². The number of rotatable bonds is 6. The number of halogens is 1. The number of benzene rings is 1. The summed E-state index contributed by atoms with van der Waals surface area (Å²) in [5, 5.41) is 1.73. The maximum atomic E-state index is 12.9. The van der Waals surface area contributed by atoms with Crippen molar-refractivity contribution in [2.24, 2.45) is 0 Å². The maximum absolute atomic E-state index is 12.9. The normalized spacial score (nSPS) is 15.8. The summed E-state index contributed by atoms with van der Waals surface area (Å²) in [6.07, 6.45) is 0.679. The van der Waals surface area contributed by atoms with Crippen molar-refractivity contribution in [2.45, 2.75) is 23.0 Å². The van der Waals surface area contributed by atoms with E-state index in [0.29, 0.717) is 25.9 Å². The standard InChI is InChI=1S/C16H21FN2O4S2/c1-18-15(20)11-25(22,23)14-6-8-19(9-7-14)16(21)10-24-13-4-2-12(17)3-5-13/h2-5,14H,6-11H2,1H3,(H,18,20). The second-order valence-electron chi connectivity index (χ2n) is 5.80. The summed E-state index contributed by atoms with van der Waals surface area (Å²) < 4.78 is 37.2. The largest absolute Gasteiger partial charge is 0.358 e. The summed E-state index contributed by atoms with van der Waals surface area (Å²) in [6.45, 7) is 0.723. The van der Waals surface area contributed by atoms with Crippen LogP contribution in [0.5, 0.6) is 0 Å². The monoisotopic (exact) mass is 388 g/mol. The lowest BCUT2D eigenvalue weighted by atomic mass is 10.1. The third-order valence-corrected chi connectivity index (χ3v) is 7.24. The Kier molecular flexibility index (Phi) is 6.83. The average molecular weight is 388 g/mol. The van der Waals surface area contributed by atoms with Crippen LogP contribution in [-0.4, -0.2) is 62.0 Å². The predicted octanol–water partition coefficient (Wildman–Crippen LogP) is 1.07. The van der Waals surface area contributed by atoms with Crippen molar-refractivity contribution >= 4 is 33.4 Å². The van der Waals surface area contributed by atoms with Gasteiger partial charge in [0, 0.05) is 25.0 Å². The van der Waals surface area contributed by atoms with E-state index >= 15 is 0 Å². The van der Waals surface area contributed by atoms with Crippen molar-refractivity contribution in [3.8, 4) is 0 Å². The summed E-state index contributed by atoms with van der Waals surface area (Å²) in [6, 6.07) is 5.92. The van der Waals surface area contributed by atoms with E-state index in [9.17, 15) is 22.4 Å².